The molecule has 5 rings (SSSR count). The molecule has 1 saturated carbocycles. The Kier molecular flexibility index (Phi) is 6.08. The standard InChI is InChI=1S/C29H33NO5/c1-18-8-10-22(25-24-14-29(24,27(32)33)35-26(18)25)16-34-17-23(31)15-30-28(2,3)13-19-9-11-20-6-4-5-7-21(20)12-19/h4-12,23-24,30-31H,13-17H2,1-3H3,(H,32,33)/t23-,24-,29+/m1/s1. The summed E-state index contributed by atoms with van der Waals surface area (Å²) in [5.41, 5.74) is 2.80. The molecule has 0 radical (unpaired) electrons. The first-order valence-electron chi connectivity index (χ1n) is 12.2. The zero-order valence-corrected chi connectivity index (χ0v) is 20.5. The summed E-state index contributed by atoms with van der Waals surface area (Å²) in [5.74, 6) is -0.337. The average Bonchev–Trinajstić information content (AvgIpc) is 3.45. The van der Waals surface area contributed by atoms with Crippen LogP contribution in [0.2, 0.25) is 0 Å². The van der Waals surface area contributed by atoms with Crippen molar-refractivity contribution in [2.75, 3.05) is 13.2 Å². The second-order valence-corrected chi connectivity index (χ2v) is 10.6. The van der Waals surface area contributed by atoms with Crippen LogP contribution in [0.1, 0.15) is 48.4 Å². The van der Waals surface area contributed by atoms with E-state index >= 15 is 0 Å². The molecule has 2 aliphatic rings. The SMILES string of the molecule is Cc1ccc(COC[C@H](O)CNC(C)(C)Cc2ccc3ccccc3c2)c2c1O[C@@]1(C(=O)O)C[C@H]21. The number of β-amino-alcohol motifs (C(OH)–C–C–N with tert-alkyl or cyclic N) is 1. The zero-order valence-electron chi connectivity index (χ0n) is 20.5. The van der Waals surface area contributed by atoms with E-state index in [1.807, 2.05) is 25.1 Å². The van der Waals surface area contributed by atoms with Crippen LogP contribution in [-0.4, -0.2) is 46.6 Å². The van der Waals surface area contributed by atoms with Crippen LogP contribution in [0.15, 0.2) is 54.6 Å². The summed E-state index contributed by atoms with van der Waals surface area (Å²) in [7, 11) is 0. The van der Waals surface area contributed by atoms with E-state index in [1.54, 1.807) is 0 Å². The molecule has 3 aromatic rings. The molecule has 1 aliphatic carbocycles. The normalized spacial score (nSPS) is 21.3. The lowest BCUT2D eigenvalue weighted by molar-refractivity contribution is -0.146. The Morgan fingerprint density at radius 2 is 1.97 bits per heavy atom. The van der Waals surface area contributed by atoms with Crippen molar-refractivity contribution in [1.29, 1.82) is 0 Å². The Morgan fingerprint density at radius 1 is 1.20 bits per heavy atom. The molecule has 1 aliphatic heterocycles. The van der Waals surface area contributed by atoms with Crippen molar-refractivity contribution in [3.05, 3.63) is 76.9 Å². The van der Waals surface area contributed by atoms with Gasteiger partial charge in [-0.2, -0.15) is 0 Å². The van der Waals surface area contributed by atoms with Crippen LogP contribution >= 0.6 is 0 Å². The molecule has 3 aromatic carbocycles. The van der Waals surface area contributed by atoms with Gasteiger partial charge in [0, 0.05) is 30.0 Å². The summed E-state index contributed by atoms with van der Waals surface area (Å²) >= 11 is 0. The second-order valence-electron chi connectivity index (χ2n) is 10.6. The number of rotatable bonds is 10. The monoisotopic (exact) mass is 475 g/mol. The maximum atomic E-state index is 11.7. The first kappa shape index (κ1) is 23.8. The fourth-order valence-electron chi connectivity index (χ4n) is 5.23. The highest BCUT2D eigenvalue weighted by molar-refractivity contribution is 5.87. The van der Waals surface area contributed by atoms with Gasteiger partial charge >= 0.3 is 5.97 Å². The van der Waals surface area contributed by atoms with Gasteiger partial charge in [-0.1, -0.05) is 54.6 Å². The highest BCUT2D eigenvalue weighted by Crippen LogP contribution is 2.63. The van der Waals surface area contributed by atoms with E-state index in [-0.39, 0.29) is 18.1 Å². The number of hydrogen-bond donors (Lipinski definition) is 3. The van der Waals surface area contributed by atoms with Crippen LogP contribution < -0.4 is 10.1 Å². The average molecular weight is 476 g/mol. The molecule has 3 N–H and O–H groups in total. The highest BCUT2D eigenvalue weighted by Gasteiger charge is 2.69. The molecule has 35 heavy (non-hydrogen) atoms. The van der Waals surface area contributed by atoms with Crippen LogP contribution in [0, 0.1) is 6.92 Å². The number of nitrogens with one attached hydrogen (secondary N) is 1. The van der Waals surface area contributed by atoms with Crippen molar-refractivity contribution in [3.8, 4) is 5.75 Å². The summed E-state index contributed by atoms with van der Waals surface area (Å²) in [4.78, 5) is 11.7. The Balaban J connectivity index is 1.13. The van der Waals surface area contributed by atoms with E-state index in [9.17, 15) is 15.0 Å². The van der Waals surface area contributed by atoms with Gasteiger partial charge in [0.1, 0.15) is 5.75 Å². The Bertz CT molecular complexity index is 1270. The van der Waals surface area contributed by atoms with Gasteiger partial charge in [-0.15, -0.1) is 0 Å². The number of benzene rings is 3. The summed E-state index contributed by atoms with van der Waals surface area (Å²) in [6.45, 7) is 7.12. The molecule has 0 unspecified atom stereocenters. The second kappa shape index (κ2) is 8.94. The third-order valence-electron chi connectivity index (χ3n) is 7.23. The summed E-state index contributed by atoms with van der Waals surface area (Å²) in [6, 6.07) is 18.8. The molecule has 0 bridgehead atoms. The molecule has 0 spiro atoms. The molecule has 1 heterocycles. The van der Waals surface area contributed by atoms with E-state index < -0.39 is 17.7 Å². The molecular formula is C29H33NO5. The first-order chi connectivity index (χ1) is 16.7. The van der Waals surface area contributed by atoms with E-state index in [2.05, 4.69) is 55.6 Å². The van der Waals surface area contributed by atoms with Gasteiger partial charge in [0.05, 0.1) is 19.3 Å². The van der Waals surface area contributed by atoms with Gasteiger partial charge in [0.2, 0.25) is 5.60 Å². The number of aliphatic carboxylic acids is 1. The first-order valence-corrected chi connectivity index (χ1v) is 12.2. The van der Waals surface area contributed by atoms with Crippen LogP contribution in [0.3, 0.4) is 0 Å². The number of ether oxygens (including phenoxy) is 2. The van der Waals surface area contributed by atoms with Crippen LogP contribution in [-0.2, 0) is 22.6 Å². The minimum absolute atomic E-state index is 0.115. The van der Waals surface area contributed by atoms with Crippen molar-refractivity contribution < 1.29 is 24.5 Å². The van der Waals surface area contributed by atoms with Gasteiger partial charge in [-0.05, 0) is 54.7 Å². The summed E-state index contributed by atoms with van der Waals surface area (Å²) < 4.78 is 11.7. The van der Waals surface area contributed by atoms with Gasteiger partial charge in [-0.25, -0.2) is 4.79 Å². The molecule has 6 nitrogen and oxygen atoms in total. The molecule has 0 amide bonds. The number of hydrogen-bond acceptors (Lipinski definition) is 5. The third-order valence-corrected chi connectivity index (χ3v) is 7.23. The Labute approximate surface area is 205 Å². The van der Waals surface area contributed by atoms with Crippen molar-refractivity contribution in [2.24, 2.45) is 0 Å². The molecule has 0 aromatic heterocycles. The van der Waals surface area contributed by atoms with E-state index in [0.29, 0.717) is 25.3 Å². The van der Waals surface area contributed by atoms with Gasteiger partial charge in [0.25, 0.3) is 0 Å². The summed E-state index contributed by atoms with van der Waals surface area (Å²) in [6.07, 6.45) is 0.692. The molecule has 184 valence electrons. The number of carbonyl (C=O) groups is 1. The minimum atomic E-state index is -1.09. The lowest BCUT2D eigenvalue weighted by atomic mass is 9.93. The van der Waals surface area contributed by atoms with Gasteiger partial charge in [-0.3, -0.25) is 0 Å². The Hall–Kier alpha value is -2.93. The molecule has 6 heteroatoms. The highest BCUT2D eigenvalue weighted by atomic mass is 16.5. The van der Waals surface area contributed by atoms with Crippen molar-refractivity contribution in [2.45, 2.75) is 63.4 Å². The van der Waals surface area contributed by atoms with Crippen LogP contribution in [0.25, 0.3) is 10.8 Å². The lowest BCUT2D eigenvalue weighted by Gasteiger charge is -2.28. The largest absolute Gasteiger partial charge is 0.478 e. The number of carboxylic acids is 1. The number of aryl methyl sites for hydroxylation is 1. The molecule has 3 atom stereocenters. The molecule has 0 saturated heterocycles. The minimum Gasteiger partial charge on any atom is -0.478 e. The molecule has 1 fully saturated rings. The van der Waals surface area contributed by atoms with Crippen LogP contribution in [0.4, 0.5) is 0 Å². The van der Waals surface area contributed by atoms with Gasteiger partial charge < -0.3 is 25.0 Å². The number of aliphatic hydroxyl groups is 1. The van der Waals surface area contributed by atoms with Crippen molar-refractivity contribution in [3.63, 3.8) is 0 Å². The molecular weight excluding hydrogens is 442 g/mol. The number of fused-ring (bicyclic) bond motifs is 4. The quantitative estimate of drug-likeness (QED) is 0.404. The number of carboxylic acid groups (broad SMARTS) is 1. The van der Waals surface area contributed by atoms with Crippen LogP contribution in [0.5, 0.6) is 5.75 Å². The number of aliphatic hydroxyl groups excluding tert-OH is 1. The van der Waals surface area contributed by atoms with E-state index in [0.717, 1.165) is 23.1 Å². The van der Waals surface area contributed by atoms with Crippen molar-refractivity contribution >= 4 is 16.7 Å². The topological polar surface area (TPSA) is 88.0 Å². The third kappa shape index (κ3) is 4.66. The maximum absolute atomic E-state index is 11.7. The Morgan fingerprint density at radius 3 is 2.74 bits per heavy atom. The van der Waals surface area contributed by atoms with Crippen molar-refractivity contribution in [1.82, 2.24) is 5.32 Å². The fourth-order valence-corrected chi connectivity index (χ4v) is 5.23. The zero-order chi connectivity index (χ0) is 24.8. The van der Waals surface area contributed by atoms with Gasteiger partial charge in [0.15, 0.2) is 0 Å². The van der Waals surface area contributed by atoms with E-state index in [1.165, 1.54) is 16.3 Å². The predicted molar refractivity (Wildman–Crippen MR) is 135 cm³/mol. The predicted octanol–water partition coefficient (Wildman–Crippen LogP) is 4.34. The fraction of sp³-hybridized carbons (Fsp3) is 0.414. The maximum Gasteiger partial charge on any atom is 0.348 e. The lowest BCUT2D eigenvalue weighted by Crippen LogP contribution is -2.46. The summed E-state index contributed by atoms with van der Waals surface area (Å²) in [5, 5.41) is 26.0. The van der Waals surface area contributed by atoms with E-state index in [4.69, 9.17) is 9.47 Å². The smallest absolute Gasteiger partial charge is 0.348 e.